The Hall–Kier alpha value is -1.27. The molecule has 2 rings (SSSR count). The van der Waals surface area contributed by atoms with Crippen molar-refractivity contribution in [2.75, 3.05) is 44.2 Å². The number of anilines is 1. The number of hydrogen-bond donors (Lipinski definition) is 1. The number of rotatable bonds is 3. The third-order valence-corrected chi connectivity index (χ3v) is 2.93. The van der Waals surface area contributed by atoms with Gasteiger partial charge in [0.05, 0.1) is 12.8 Å². The molecule has 1 aliphatic heterocycles. The Bertz CT molecular complexity index is 380. The van der Waals surface area contributed by atoms with Crippen LogP contribution in [0, 0.1) is 12.7 Å². The number of β-amino-alcohol motifs (C(OH)–C–C–N with tert-alkyl or cyclic N) is 1. The maximum Gasteiger partial charge on any atom is 0.183 e. The molecule has 94 valence electrons. The van der Waals surface area contributed by atoms with Crippen LogP contribution >= 0.6 is 0 Å². The molecule has 0 saturated carbocycles. The number of piperazine rings is 1. The van der Waals surface area contributed by atoms with Crippen molar-refractivity contribution in [3.63, 3.8) is 0 Å². The van der Waals surface area contributed by atoms with E-state index in [1.54, 1.807) is 6.92 Å². The van der Waals surface area contributed by atoms with Crippen LogP contribution in [0.3, 0.4) is 0 Å². The molecule has 0 bridgehead atoms. The van der Waals surface area contributed by atoms with Gasteiger partial charge in [-0.25, -0.2) is 14.4 Å². The second kappa shape index (κ2) is 5.37. The molecule has 5 nitrogen and oxygen atoms in total. The van der Waals surface area contributed by atoms with Crippen LogP contribution in [0.5, 0.6) is 0 Å². The molecule has 0 spiro atoms. The Morgan fingerprint density at radius 2 is 2.06 bits per heavy atom. The van der Waals surface area contributed by atoms with Gasteiger partial charge in [0.1, 0.15) is 5.82 Å². The zero-order valence-electron chi connectivity index (χ0n) is 9.93. The molecule has 2 heterocycles. The largest absolute Gasteiger partial charge is 0.395 e. The van der Waals surface area contributed by atoms with E-state index >= 15 is 0 Å². The van der Waals surface area contributed by atoms with Gasteiger partial charge in [-0.05, 0) is 6.92 Å². The predicted octanol–water partition coefficient (Wildman–Crippen LogP) is 0.0384. The van der Waals surface area contributed by atoms with Crippen molar-refractivity contribution in [2.24, 2.45) is 0 Å². The van der Waals surface area contributed by atoms with Crippen LogP contribution in [0.25, 0.3) is 0 Å². The first-order valence-electron chi connectivity index (χ1n) is 5.78. The van der Waals surface area contributed by atoms with E-state index in [2.05, 4.69) is 14.9 Å². The Balaban J connectivity index is 2.02. The van der Waals surface area contributed by atoms with E-state index in [-0.39, 0.29) is 12.4 Å². The van der Waals surface area contributed by atoms with E-state index in [1.807, 2.05) is 4.90 Å². The Labute approximate surface area is 99.9 Å². The van der Waals surface area contributed by atoms with Gasteiger partial charge in [0.25, 0.3) is 0 Å². The summed E-state index contributed by atoms with van der Waals surface area (Å²) in [7, 11) is 0. The van der Waals surface area contributed by atoms with Crippen molar-refractivity contribution in [3.05, 3.63) is 17.8 Å². The van der Waals surface area contributed by atoms with E-state index in [4.69, 9.17) is 5.11 Å². The fourth-order valence-electron chi connectivity index (χ4n) is 1.99. The van der Waals surface area contributed by atoms with E-state index < -0.39 is 0 Å². The minimum atomic E-state index is -0.369. The molecule has 1 N–H and O–H groups in total. The summed E-state index contributed by atoms with van der Waals surface area (Å²) in [5.41, 5.74) is 0. The van der Waals surface area contributed by atoms with Gasteiger partial charge >= 0.3 is 0 Å². The molecule has 0 atom stereocenters. The lowest BCUT2D eigenvalue weighted by atomic mass is 10.3. The second-order valence-corrected chi connectivity index (χ2v) is 4.14. The predicted molar refractivity (Wildman–Crippen MR) is 62.5 cm³/mol. The second-order valence-electron chi connectivity index (χ2n) is 4.14. The average molecular weight is 240 g/mol. The lowest BCUT2D eigenvalue weighted by molar-refractivity contribution is 0.188. The number of aryl methyl sites for hydroxylation is 1. The molecule has 0 unspecified atom stereocenters. The van der Waals surface area contributed by atoms with E-state index in [9.17, 15) is 4.39 Å². The van der Waals surface area contributed by atoms with E-state index in [0.717, 1.165) is 26.2 Å². The van der Waals surface area contributed by atoms with Gasteiger partial charge in [-0.2, -0.15) is 0 Å². The maximum absolute atomic E-state index is 13.6. The SMILES string of the molecule is Cc1ncc(F)c(N2CCN(CCO)CC2)n1. The minimum absolute atomic E-state index is 0.168. The molecule has 0 amide bonds. The summed E-state index contributed by atoms with van der Waals surface area (Å²) < 4.78 is 13.6. The van der Waals surface area contributed by atoms with Gasteiger partial charge in [-0.15, -0.1) is 0 Å². The number of aromatic nitrogens is 2. The highest BCUT2D eigenvalue weighted by atomic mass is 19.1. The summed E-state index contributed by atoms with van der Waals surface area (Å²) >= 11 is 0. The highest BCUT2D eigenvalue weighted by molar-refractivity contribution is 5.39. The van der Waals surface area contributed by atoms with Crippen molar-refractivity contribution in [2.45, 2.75) is 6.92 Å². The third kappa shape index (κ3) is 2.89. The van der Waals surface area contributed by atoms with Crippen LogP contribution in [0.1, 0.15) is 5.82 Å². The summed E-state index contributed by atoms with van der Waals surface area (Å²) in [6.07, 6.45) is 1.22. The normalized spacial score (nSPS) is 17.5. The van der Waals surface area contributed by atoms with E-state index in [1.165, 1.54) is 6.20 Å². The Morgan fingerprint density at radius 1 is 1.35 bits per heavy atom. The number of nitrogens with zero attached hydrogens (tertiary/aromatic N) is 4. The molecule has 1 aromatic heterocycles. The average Bonchev–Trinajstić information content (AvgIpc) is 2.34. The van der Waals surface area contributed by atoms with Gasteiger partial charge in [0.15, 0.2) is 11.6 Å². The molecule has 0 aromatic carbocycles. The van der Waals surface area contributed by atoms with Crippen LogP contribution < -0.4 is 4.90 Å². The van der Waals surface area contributed by atoms with Crippen LogP contribution in [-0.2, 0) is 0 Å². The molecule has 6 heteroatoms. The summed E-state index contributed by atoms with van der Waals surface area (Å²) in [6, 6.07) is 0. The summed E-state index contributed by atoms with van der Waals surface area (Å²) in [6.45, 7) is 5.71. The number of aliphatic hydroxyl groups excluding tert-OH is 1. The first-order chi connectivity index (χ1) is 8.20. The van der Waals surface area contributed by atoms with Crippen molar-refractivity contribution in [1.82, 2.24) is 14.9 Å². The quantitative estimate of drug-likeness (QED) is 0.808. The monoisotopic (exact) mass is 240 g/mol. The van der Waals surface area contributed by atoms with Gasteiger partial charge < -0.3 is 10.0 Å². The Kier molecular flexibility index (Phi) is 3.86. The molecule has 1 aromatic rings. The fraction of sp³-hybridized carbons (Fsp3) is 0.636. The van der Waals surface area contributed by atoms with Crippen LogP contribution in [0.15, 0.2) is 6.20 Å². The summed E-state index contributed by atoms with van der Waals surface area (Å²) in [5, 5.41) is 8.85. The minimum Gasteiger partial charge on any atom is -0.395 e. The molecule has 1 fully saturated rings. The van der Waals surface area contributed by atoms with Crippen LogP contribution in [0.4, 0.5) is 10.2 Å². The van der Waals surface area contributed by atoms with Crippen LogP contribution in [-0.4, -0.2) is 59.3 Å². The first kappa shape index (κ1) is 12.2. The van der Waals surface area contributed by atoms with Gasteiger partial charge in [0, 0.05) is 32.7 Å². The van der Waals surface area contributed by atoms with Crippen molar-refractivity contribution < 1.29 is 9.50 Å². The fourth-order valence-corrected chi connectivity index (χ4v) is 1.99. The maximum atomic E-state index is 13.6. The number of hydrogen-bond acceptors (Lipinski definition) is 5. The Morgan fingerprint density at radius 3 is 2.71 bits per heavy atom. The molecular weight excluding hydrogens is 223 g/mol. The smallest absolute Gasteiger partial charge is 0.183 e. The first-order valence-corrected chi connectivity index (χ1v) is 5.78. The van der Waals surface area contributed by atoms with Gasteiger partial charge in [-0.1, -0.05) is 0 Å². The highest BCUT2D eigenvalue weighted by Gasteiger charge is 2.20. The third-order valence-electron chi connectivity index (χ3n) is 2.93. The zero-order valence-corrected chi connectivity index (χ0v) is 9.93. The lowest BCUT2D eigenvalue weighted by Gasteiger charge is -2.35. The number of aliphatic hydroxyl groups is 1. The van der Waals surface area contributed by atoms with E-state index in [0.29, 0.717) is 18.2 Å². The highest BCUT2D eigenvalue weighted by Crippen LogP contribution is 2.17. The molecule has 0 radical (unpaired) electrons. The topological polar surface area (TPSA) is 52.5 Å². The van der Waals surface area contributed by atoms with Crippen molar-refractivity contribution >= 4 is 5.82 Å². The van der Waals surface area contributed by atoms with Crippen molar-refractivity contribution in [3.8, 4) is 0 Å². The molecule has 17 heavy (non-hydrogen) atoms. The summed E-state index contributed by atoms with van der Waals surface area (Å²) in [5.74, 6) is 0.603. The molecular formula is C11H17FN4O. The zero-order chi connectivity index (χ0) is 12.3. The molecule has 0 aliphatic carbocycles. The van der Waals surface area contributed by atoms with Gasteiger partial charge in [0.2, 0.25) is 0 Å². The summed E-state index contributed by atoms with van der Waals surface area (Å²) in [4.78, 5) is 12.0. The molecule has 1 aliphatic rings. The molecule has 1 saturated heterocycles. The standard InChI is InChI=1S/C11H17FN4O/c1-9-13-8-10(12)11(14-9)16-4-2-15(3-5-16)6-7-17/h8,17H,2-7H2,1H3. The van der Waals surface area contributed by atoms with Gasteiger partial charge in [-0.3, -0.25) is 4.90 Å². The van der Waals surface area contributed by atoms with Crippen LogP contribution in [0.2, 0.25) is 0 Å². The van der Waals surface area contributed by atoms with Crippen molar-refractivity contribution in [1.29, 1.82) is 0 Å². The number of halogens is 1. The lowest BCUT2D eigenvalue weighted by Crippen LogP contribution is -2.47.